The zero-order valence-electron chi connectivity index (χ0n) is 4.82. The average molecular weight is 210 g/mol. The van der Waals surface area contributed by atoms with Crippen molar-refractivity contribution in [2.75, 3.05) is 4.43 Å². The zero-order valence-corrected chi connectivity index (χ0v) is 6.97. The second-order valence-electron chi connectivity index (χ2n) is 1.66. The summed E-state index contributed by atoms with van der Waals surface area (Å²) in [4.78, 5) is 0. The molecule has 0 rings (SSSR count). The molecule has 0 aliphatic heterocycles. The highest BCUT2D eigenvalue weighted by atomic mass is 127. The predicted octanol–water partition coefficient (Wildman–Crippen LogP) is 2.63. The Bertz CT molecular complexity index is 57.2. The third-order valence-corrected chi connectivity index (χ3v) is 2.15. The van der Waals surface area contributed by atoms with Crippen molar-refractivity contribution in [1.29, 1.82) is 0 Å². The molecule has 0 aromatic heterocycles. The SMILES string of the molecule is C/C=C\C(C)CI. The topological polar surface area (TPSA) is 0 Å². The molecule has 1 atom stereocenters. The first kappa shape index (κ1) is 7.47. The lowest BCUT2D eigenvalue weighted by Gasteiger charge is -1.94. The first-order valence-corrected chi connectivity index (χ1v) is 4.02. The highest BCUT2D eigenvalue weighted by molar-refractivity contribution is 14.1. The van der Waals surface area contributed by atoms with E-state index in [1.807, 2.05) is 0 Å². The Morgan fingerprint density at radius 1 is 1.71 bits per heavy atom. The van der Waals surface area contributed by atoms with E-state index in [2.05, 4.69) is 48.6 Å². The van der Waals surface area contributed by atoms with Gasteiger partial charge in [-0.2, -0.15) is 0 Å². The summed E-state index contributed by atoms with van der Waals surface area (Å²) in [5, 5.41) is 0. The fraction of sp³-hybridized carbons (Fsp3) is 0.667. The first-order valence-electron chi connectivity index (χ1n) is 2.50. The molecule has 0 heterocycles. The highest BCUT2D eigenvalue weighted by Crippen LogP contribution is 2.00. The first-order chi connectivity index (χ1) is 3.31. The van der Waals surface area contributed by atoms with Gasteiger partial charge in [0, 0.05) is 4.43 Å². The molecule has 0 aromatic carbocycles. The van der Waals surface area contributed by atoms with Gasteiger partial charge < -0.3 is 0 Å². The number of halogens is 1. The van der Waals surface area contributed by atoms with Gasteiger partial charge in [-0.3, -0.25) is 0 Å². The van der Waals surface area contributed by atoms with Crippen LogP contribution in [-0.2, 0) is 0 Å². The van der Waals surface area contributed by atoms with E-state index in [1.54, 1.807) is 0 Å². The lowest BCUT2D eigenvalue weighted by Crippen LogP contribution is -1.86. The smallest absolute Gasteiger partial charge is 0.00556 e. The van der Waals surface area contributed by atoms with E-state index in [0.29, 0.717) is 0 Å². The molecule has 0 spiro atoms. The molecule has 0 aliphatic rings. The number of alkyl halides is 1. The van der Waals surface area contributed by atoms with Crippen LogP contribution in [0.4, 0.5) is 0 Å². The van der Waals surface area contributed by atoms with Crippen molar-refractivity contribution in [3.8, 4) is 0 Å². The maximum atomic E-state index is 2.39. The normalized spacial score (nSPS) is 15.3. The summed E-state index contributed by atoms with van der Waals surface area (Å²) in [6.07, 6.45) is 4.32. The Morgan fingerprint density at radius 3 is 2.43 bits per heavy atom. The number of hydrogen-bond acceptors (Lipinski definition) is 0. The Balaban J connectivity index is 3.16. The molecule has 0 amide bonds. The molecule has 0 radical (unpaired) electrons. The summed E-state index contributed by atoms with van der Waals surface area (Å²) >= 11 is 2.39. The standard InChI is InChI=1S/C6H11I/c1-3-4-6(2)5-7/h3-4,6H,5H2,1-2H3/b4-3-. The molecule has 0 nitrogen and oxygen atoms in total. The van der Waals surface area contributed by atoms with E-state index in [4.69, 9.17) is 0 Å². The molecule has 0 fully saturated rings. The van der Waals surface area contributed by atoms with Gasteiger partial charge in [0.05, 0.1) is 0 Å². The van der Waals surface area contributed by atoms with E-state index in [0.717, 1.165) is 5.92 Å². The lowest BCUT2D eigenvalue weighted by atomic mass is 10.2. The Morgan fingerprint density at radius 2 is 2.29 bits per heavy atom. The minimum atomic E-state index is 0.755. The van der Waals surface area contributed by atoms with E-state index in [-0.39, 0.29) is 0 Å². The van der Waals surface area contributed by atoms with Crippen molar-refractivity contribution >= 4 is 22.6 Å². The summed E-state index contributed by atoms with van der Waals surface area (Å²) in [6.45, 7) is 4.27. The van der Waals surface area contributed by atoms with Gasteiger partial charge in [0.25, 0.3) is 0 Å². The molecule has 0 aliphatic carbocycles. The molecular weight excluding hydrogens is 199 g/mol. The van der Waals surface area contributed by atoms with Crippen molar-refractivity contribution in [3.05, 3.63) is 12.2 Å². The van der Waals surface area contributed by atoms with Gasteiger partial charge in [-0.15, -0.1) is 0 Å². The molecule has 1 heteroatoms. The molecular formula is C6H11I. The van der Waals surface area contributed by atoms with Crippen molar-refractivity contribution < 1.29 is 0 Å². The van der Waals surface area contributed by atoms with Gasteiger partial charge in [-0.05, 0) is 12.8 Å². The highest BCUT2D eigenvalue weighted by Gasteiger charge is 1.87. The van der Waals surface area contributed by atoms with Gasteiger partial charge in [0.1, 0.15) is 0 Å². The molecule has 0 aromatic rings. The van der Waals surface area contributed by atoms with E-state index in [1.165, 1.54) is 4.43 Å². The average Bonchev–Trinajstić information content (AvgIpc) is 1.68. The monoisotopic (exact) mass is 210 g/mol. The van der Waals surface area contributed by atoms with Crippen molar-refractivity contribution in [3.63, 3.8) is 0 Å². The molecule has 0 saturated carbocycles. The molecule has 0 saturated heterocycles. The van der Waals surface area contributed by atoms with Crippen LogP contribution in [0, 0.1) is 5.92 Å². The van der Waals surface area contributed by atoms with Crippen LogP contribution in [0.3, 0.4) is 0 Å². The lowest BCUT2D eigenvalue weighted by molar-refractivity contribution is 0.860. The van der Waals surface area contributed by atoms with Gasteiger partial charge in [0.2, 0.25) is 0 Å². The Labute approximate surface area is 59.1 Å². The van der Waals surface area contributed by atoms with Crippen LogP contribution in [0.1, 0.15) is 13.8 Å². The van der Waals surface area contributed by atoms with Crippen molar-refractivity contribution in [1.82, 2.24) is 0 Å². The van der Waals surface area contributed by atoms with Gasteiger partial charge in [-0.1, -0.05) is 41.7 Å². The van der Waals surface area contributed by atoms with Gasteiger partial charge in [-0.25, -0.2) is 0 Å². The minimum absolute atomic E-state index is 0.755. The van der Waals surface area contributed by atoms with Crippen molar-refractivity contribution in [2.45, 2.75) is 13.8 Å². The Kier molecular flexibility index (Phi) is 4.94. The van der Waals surface area contributed by atoms with Crippen LogP contribution in [0.25, 0.3) is 0 Å². The summed E-state index contributed by atoms with van der Waals surface area (Å²) < 4.78 is 1.22. The number of rotatable bonds is 2. The number of hydrogen-bond donors (Lipinski definition) is 0. The molecule has 7 heavy (non-hydrogen) atoms. The van der Waals surface area contributed by atoms with E-state index < -0.39 is 0 Å². The third-order valence-electron chi connectivity index (χ3n) is 0.764. The van der Waals surface area contributed by atoms with Crippen LogP contribution >= 0.6 is 22.6 Å². The van der Waals surface area contributed by atoms with Crippen LogP contribution in [0.5, 0.6) is 0 Å². The largest absolute Gasteiger partial charge is 0.0914 e. The molecule has 42 valence electrons. The molecule has 0 bridgehead atoms. The summed E-state index contributed by atoms with van der Waals surface area (Å²) in [5.41, 5.74) is 0. The van der Waals surface area contributed by atoms with Crippen molar-refractivity contribution in [2.24, 2.45) is 5.92 Å². The second kappa shape index (κ2) is 4.62. The maximum absolute atomic E-state index is 2.39. The zero-order chi connectivity index (χ0) is 5.70. The quantitative estimate of drug-likeness (QED) is 0.373. The third kappa shape index (κ3) is 4.32. The second-order valence-corrected chi connectivity index (χ2v) is 2.54. The number of allylic oxidation sites excluding steroid dienone is 2. The fourth-order valence-corrected chi connectivity index (χ4v) is 0.674. The fourth-order valence-electron chi connectivity index (χ4n) is 0.380. The van der Waals surface area contributed by atoms with Crippen LogP contribution in [0.15, 0.2) is 12.2 Å². The molecule has 1 unspecified atom stereocenters. The summed E-state index contributed by atoms with van der Waals surface area (Å²) in [6, 6.07) is 0. The van der Waals surface area contributed by atoms with E-state index >= 15 is 0 Å². The van der Waals surface area contributed by atoms with Crippen LogP contribution < -0.4 is 0 Å². The Hall–Kier alpha value is 0.470. The van der Waals surface area contributed by atoms with Gasteiger partial charge in [0.15, 0.2) is 0 Å². The van der Waals surface area contributed by atoms with E-state index in [9.17, 15) is 0 Å². The summed E-state index contributed by atoms with van der Waals surface area (Å²) in [5.74, 6) is 0.755. The van der Waals surface area contributed by atoms with Crippen LogP contribution in [-0.4, -0.2) is 4.43 Å². The summed E-state index contributed by atoms with van der Waals surface area (Å²) in [7, 11) is 0. The van der Waals surface area contributed by atoms with Crippen LogP contribution in [0.2, 0.25) is 0 Å². The van der Waals surface area contributed by atoms with Gasteiger partial charge >= 0.3 is 0 Å². The molecule has 0 N–H and O–H groups in total. The maximum Gasteiger partial charge on any atom is 0.00556 e. The predicted molar refractivity (Wildman–Crippen MR) is 42.9 cm³/mol. The minimum Gasteiger partial charge on any atom is -0.0914 e.